The van der Waals surface area contributed by atoms with Crippen molar-refractivity contribution in [3.05, 3.63) is 28.8 Å². The molecule has 0 aliphatic rings. The van der Waals surface area contributed by atoms with Crippen molar-refractivity contribution in [3.63, 3.8) is 0 Å². The molecule has 9 nitrogen and oxygen atoms in total. The van der Waals surface area contributed by atoms with Crippen LogP contribution in [0.2, 0.25) is 0 Å². The van der Waals surface area contributed by atoms with Gasteiger partial charge in [-0.3, -0.25) is 19.0 Å². The molecule has 0 aliphatic carbocycles. The Labute approximate surface area is 149 Å². The minimum atomic E-state index is -1.10. The van der Waals surface area contributed by atoms with E-state index in [4.69, 9.17) is 14.6 Å². The Morgan fingerprint density at radius 1 is 1.27 bits per heavy atom. The number of carboxylic acid groups (broad SMARTS) is 1. The maximum Gasteiger partial charge on any atom is 0.325 e. The molecule has 1 amide bonds. The molecule has 26 heavy (non-hydrogen) atoms. The number of amides is 1. The van der Waals surface area contributed by atoms with Gasteiger partial charge < -0.3 is 19.9 Å². The summed E-state index contributed by atoms with van der Waals surface area (Å²) in [7, 11) is 2.98. The Hall–Kier alpha value is -3.10. The fourth-order valence-electron chi connectivity index (χ4n) is 2.43. The van der Waals surface area contributed by atoms with Crippen LogP contribution < -0.4 is 20.3 Å². The summed E-state index contributed by atoms with van der Waals surface area (Å²) in [5.41, 5.74) is 0.229. The van der Waals surface area contributed by atoms with Crippen molar-refractivity contribution in [2.45, 2.75) is 32.4 Å². The molecule has 0 saturated carbocycles. The predicted molar refractivity (Wildman–Crippen MR) is 93.6 cm³/mol. The lowest BCUT2D eigenvalue weighted by Gasteiger charge is -2.11. The first-order valence-corrected chi connectivity index (χ1v) is 8.00. The zero-order valence-electron chi connectivity index (χ0n) is 14.8. The van der Waals surface area contributed by atoms with Crippen molar-refractivity contribution in [3.8, 4) is 11.5 Å². The van der Waals surface area contributed by atoms with Gasteiger partial charge in [-0.25, -0.2) is 4.98 Å². The first-order valence-electron chi connectivity index (χ1n) is 8.00. The highest BCUT2D eigenvalue weighted by Gasteiger charge is 2.14. The Balaban J connectivity index is 2.11. The third kappa shape index (κ3) is 4.29. The largest absolute Gasteiger partial charge is 0.493 e. The summed E-state index contributed by atoms with van der Waals surface area (Å²) in [6, 6.07) is 2.25. The number of carbonyl (C=O) groups is 2. The lowest BCUT2D eigenvalue weighted by atomic mass is 10.2. The van der Waals surface area contributed by atoms with Gasteiger partial charge in [0.15, 0.2) is 11.5 Å². The molecule has 0 spiro atoms. The van der Waals surface area contributed by atoms with Crippen molar-refractivity contribution < 1.29 is 24.2 Å². The molecule has 1 aromatic heterocycles. The van der Waals surface area contributed by atoms with Gasteiger partial charge in [0.25, 0.3) is 5.56 Å². The highest BCUT2D eigenvalue weighted by Crippen LogP contribution is 2.29. The summed E-state index contributed by atoms with van der Waals surface area (Å²) in [5, 5.41) is 11.5. The SMILES string of the molecule is COc1cc2ncn(CCCC(=O)N[C@H](C)C(=O)O)c(=O)c2cc1OC. The molecule has 2 aromatic rings. The van der Waals surface area contributed by atoms with Crippen molar-refractivity contribution in [1.82, 2.24) is 14.9 Å². The number of nitrogens with zero attached hydrogens (tertiary/aromatic N) is 2. The van der Waals surface area contributed by atoms with Crippen LogP contribution in [0.15, 0.2) is 23.3 Å². The second-order valence-corrected chi connectivity index (χ2v) is 5.70. The van der Waals surface area contributed by atoms with Gasteiger partial charge in [0.05, 0.1) is 31.4 Å². The molecule has 9 heteroatoms. The smallest absolute Gasteiger partial charge is 0.325 e. The van der Waals surface area contributed by atoms with E-state index in [0.717, 1.165) is 0 Å². The predicted octanol–water partition coefficient (Wildman–Crippen LogP) is 0.783. The average molecular weight is 363 g/mol. The van der Waals surface area contributed by atoms with Crippen LogP contribution in [0.4, 0.5) is 0 Å². The first kappa shape index (κ1) is 19.2. The molecule has 1 heterocycles. The van der Waals surface area contributed by atoms with Crippen LogP contribution in [0, 0.1) is 0 Å². The second-order valence-electron chi connectivity index (χ2n) is 5.70. The number of rotatable bonds is 8. The molecule has 0 aliphatic heterocycles. The van der Waals surface area contributed by atoms with Crippen LogP contribution in [-0.4, -0.2) is 46.8 Å². The molecule has 0 bridgehead atoms. The van der Waals surface area contributed by atoms with Crippen molar-refractivity contribution >= 4 is 22.8 Å². The zero-order valence-corrected chi connectivity index (χ0v) is 14.8. The lowest BCUT2D eigenvalue weighted by molar-refractivity contribution is -0.141. The highest BCUT2D eigenvalue weighted by molar-refractivity contribution is 5.83. The average Bonchev–Trinajstić information content (AvgIpc) is 2.62. The topological polar surface area (TPSA) is 120 Å². The van der Waals surface area contributed by atoms with Gasteiger partial charge in [-0.15, -0.1) is 0 Å². The quantitative estimate of drug-likeness (QED) is 0.711. The molecule has 1 atom stereocenters. The van der Waals surface area contributed by atoms with Gasteiger partial charge in [0, 0.05) is 19.0 Å². The van der Waals surface area contributed by atoms with E-state index in [9.17, 15) is 14.4 Å². The number of ether oxygens (including phenoxy) is 2. The fourth-order valence-corrected chi connectivity index (χ4v) is 2.43. The van der Waals surface area contributed by atoms with Crippen molar-refractivity contribution in [2.75, 3.05) is 14.2 Å². The lowest BCUT2D eigenvalue weighted by Crippen LogP contribution is -2.38. The number of aliphatic carboxylic acids is 1. The van der Waals surface area contributed by atoms with Crippen LogP contribution in [0.3, 0.4) is 0 Å². The third-order valence-electron chi connectivity index (χ3n) is 3.88. The summed E-state index contributed by atoms with van der Waals surface area (Å²) in [5.74, 6) is -0.571. The van der Waals surface area contributed by atoms with Crippen molar-refractivity contribution in [2.24, 2.45) is 0 Å². The van der Waals surface area contributed by atoms with Gasteiger partial charge in [0.1, 0.15) is 6.04 Å². The Kier molecular flexibility index (Phi) is 6.16. The summed E-state index contributed by atoms with van der Waals surface area (Å²) in [4.78, 5) is 39.2. The van der Waals surface area contributed by atoms with E-state index in [-0.39, 0.29) is 24.4 Å². The fraction of sp³-hybridized carbons (Fsp3) is 0.412. The van der Waals surface area contributed by atoms with E-state index in [2.05, 4.69) is 10.3 Å². The minimum absolute atomic E-state index is 0.105. The molecule has 2 N–H and O–H groups in total. The van der Waals surface area contributed by atoms with E-state index in [0.29, 0.717) is 28.8 Å². The summed E-state index contributed by atoms with van der Waals surface area (Å²) < 4.78 is 11.8. The minimum Gasteiger partial charge on any atom is -0.493 e. The van der Waals surface area contributed by atoms with E-state index in [1.807, 2.05) is 0 Å². The molecule has 0 unspecified atom stereocenters. The molecule has 140 valence electrons. The van der Waals surface area contributed by atoms with E-state index in [1.165, 1.54) is 32.0 Å². The van der Waals surface area contributed by atoms with E-state index < -0.39 is 12.0 Å². The van der Waals surface area contributed by atoms with Gasteiger partial charge in [-0.2, -0.15) is 0 Å². The molecular formula is C17H21N3O6. The zero-order chi connectivity index (χ0) is 19.3. The van der Waals surface area contributed by atoms with Gasteiger partial charge in [-0.05, 0) is 19.4 Å². The maximum atomic E-state index is 12.6. The van der Waals surface area contributed by atoms with Crippen LogP contribution in [0.5, 0.6) is 11.5 Å². The number of carboxylic acids is 1. The molecular weight excluding hydrogens is 342 g/mol. The van der Waals surface area contributed by atoms with Gasteiger partial charge in [-0.1, -0.05) is 0 Å². The molecule has 1 aromatic carbocycles. The maximum absolute atomic E-state index is 12.6. The number of hydrogen-bond donors (Lipinski definition) is 2. The summed E-state index contributed by atoms with van der Waals surface area (Å²) in [6.07, 6.45) is 1.89. The van der Waals surface area contributed by atoms with Gasteiger partial charge in [0.2, 0.25) is 5.91 Å². The number of carbonyl (C=O) groups excluding carboxylic acids is 1. The highest BCUT2D eigenvalue weighted by atomic mass is 16.5. The van der Waals surface area contributed by atoms with E-state index in [1.54, 1.807) is 12.1 Å². The third-order valence-corrected chi connectivity index (χ3v) is 3.88. The number of hydrogen-bond acceptors (Lipinski definition) is 6. The molecule has 2 rings (SSSR count). The van der Waals surface area contributed by atoms with E-state index >= 15 is 0 Å². The van der Waals surface area contributed by atoms with Crippen LogP contribution >= 0.6 is 0 Å². The summed E-state index contributed by atoms with van der Waals surface area (Å²) >= 11 is 0. The number of fused-ring (bicyclic) bond motifs is 1. The molecule has 0 fully saturated rings. The number of benzene rings is 1. The second kappa shape index (κ2) is 8.32. The first-order chi connectivity index (χ1) is 12.4. The normalized spacial score (nSPS) is 11.8. The number of methoxy groups -OCH3 is 2. The standard InChI is InChI=1S/C17H21N3O6/c1-10(17(23)24)19-15(21)5-4-6-20-9-18-12-8-14(26-3)13(25-2)7-11(12)16(20)22/h7-10H,4-6H2,1-3H3,(H,19,21)(H,23,24)/t10-/m1/s1. The Bertz CT molecular complexity index is 877. The molecule has 0 radical (unpaired) electrons. The van der Waals surface area contributed by atoms with Crippen molar-refractivity contribution in [1.29, 1.82) is 0 Å². The van der Waals surface area contributed by atoms with Gasteiger partial charge >= 0.3 is 5.97 Å². The number of aromatic nitrogens is 2. The monoisotopic (exact) mass is 363 g/mol. The van der Waals surface area contributed by atoms with Crippen LogP contribution in [0.1, 0.15) is 19.8 Å². The Morgan fingerprint density at radius 2 is 1.92 bits per heavy atom. The van der Waals surface area contributed by atoms with Crippen LogP contribution in [-0.2, 0) is 16.1 Å². The Morgan fingerprint density at radius 3 is 2.54 bits per heavy atom. The number of nitrogens with one attached hydrogen (secondary N) is 1. The number of aryl methyl sites for hydroxylation is 1. The van der Waals surface area contributed by atoms with Crippen LogP contribution in [0.25, 0.3) is 10.9 Å². The summed E-state index contributed by atoms with van der Waals surface area (Å²) in [6.45, 7) is 1.67. The molecule has 0 saturated heterocycles.